The Bertz CT molecular complexity index is 1370. The number of nitro groups is 1. The minimum absolute atomic E-state index is 0.0407. The highest BCUT2D eigenvalue weighted by Crippen LogP contribution is 2.27. The Balaban J connectivity index is 1.47. The van der Waals surface area contributed by atoms with Gasteiger partial charge in [0.2, 0.25) is 5.89 Å². The van der Waals surface area contributed by atoms with E-state index in [1.165, 1.54) is 18.2 Å². The summed E-state index contributed by atoms with van der Waals surface area (Å²) in [6.07, 6.45) is 0. The van der Waals surface area contributed by atoms with Gasteiger partial charge in [-0.1, -0.05) is 17.7 Å². The fourth-order valence-corrected chi connectivity index (χ4v) is 3.34. The molecule has 1 heterocycles. The molecular weight excluding hydrogens is 452 g/mol. The third kappa shape index (κ3) is 4.58. The second kappa shape index (κ2) is 8.74. The molecule has 0 bridgehead atoms. The molecule has 8 nitrogen and oxygen atoms in total. The number of thiocarbonyl (C=S) groups is 1. The molecular formula is C22H15ClN4O4S. The lowest BCUT2D eigenvalue weighted by Gasteiger charge is -2.09. The molecule has 10 heteroatoms. The van der Waals surface area contributed by atoms with E-state index < -0.39 is 10.8 Å². The number of fused-ring (bicyclic) bond motifs is 1. The first-order valence-electron chi connectivity index (χ1n) is 9.34. The molecule has 4 rings (SSSR count). The van der Waals surface area contributed by atoms with Crippen LogP contribution in [0.2, 0.25) is 5.02 Å². The number of oxazole rings is 1. The predicted molar refractivity (Wildman–Crippen MR) is 126 cm³/mol. The fourth-order valence-electron chi connectivity index (χ4n) is 3.01. The highest BCUT2D eigenvalue weighted by molar-refractivity contribution is 7.80. The first kappa shape index (κ1) is 21.4. The van der Waals surface area contributed by atoms with Gasteiger partial charge in [0.1, 0.15) is 5.52 Å². The Morgan fingerprint density at radius 1 is 1.12 bits per heavy atom. The van der Waals surface area contributed by atoms with Crippen LogP contribution in [0.5, 0.6) is 0 Å². The van der Waals surface area contributed by atoms with E-state index in [2.05, 4.69) is 15.6 Å². The Kier molecular flexibility index (Phi) is 5.85. The number of hydrogen-bond donors (Lipinski definition) is 2. The van der Waals surface area contributed by atoms with Crippen molar-refractivity contribution in [3.8, 4) is 11.5 Å². The number of aromatic nitrogens is 1. The van der Waals surface area contributed by atoms with Crippen molar-refractivity contribution < 1.29 is 14.1 Å². The summed E-state index contributed by atoms with van der Waals surface area (Å²) in [6.45, 7) is 1.60. The van der Waals surface area contributed by atoms with Crippen LogP contribution in [0.4, 0.5) is 11.4 Å². The molecule has 0 spiro atoms. The van der Waals surface area contributed by atoms with E-state index in [0.29, 0.717) is 33.3 Å². The van der Waals surface area contributed by atoms with Crippen molar-refractivity contribution in [2.24, 2.45) is 0 Å². The summed E-state index contributed by atoms with van der Waals surface area (Å²) in [5.74, 6) is -0.108. The number of aryl methyl sites for hydroxylation is 1. The zero-order chi connectivity index (χ0) is 22.8. The first-order chi connectivity index (χ1) is 15.3. The molecule has 0 aliphatic rings. The summed E-state index contributed by atoms with van der Waals surface area (Å²) in [5.41, 5.74) is 3.02. The minimum Gasteiger partial charge on any atom is -0.436 e. The molecule has 0 aliphatic carbocycles. The zero-order valence-corrected chi connectivity index (χ0v) is 18.2. The molecule has 0 atom stereocenters. The quantitative estimate of drug-likeness (QED) is 0.232. The van der Waals surface area contributed by atoms with Gasteiger partial charge < -0.3 is 9.73 Å². The van der Waals surface area contributed by atoms with Crippen molar-refractivity contribution in [2.45, 2.75) is 6.92 Å². The maximum atomic E-state index is 12.4. The fraction of sp³-hybridized carbons (Fsp3) is 0.0455. The topological polar surface area (TPSA) is 110 Å². The standard InChI is InChI=1S/C22H15ClN4O4S/c1-12-2-3-14(10-18(12)27(29)30)20(28)26-22(32)24-16-8-9-19-17(11-16)25-21(31-19)13-4-6-15(23)7-5-13/h2-11H,1H3,(H2,24,26,28,32). The third-order valence-corrected chi connectivity index (χ3v) is 5.09. The number of nitro benzene ring substituents is 1. The predicted octanol–water partition coefficient (Wildman–Crippen LogP) is 5.49. The number of carbonyl (C=O) groups excluding carboxylic acids is 1. The summed E-state index contributed by atoms with van der Waals surface area (Å²) >= 11 is 11.1. The number of anilines is 1. The monoisotopic (exact) mass is 466 g/mol. The number of carbonyl (C=O) groups is 1. The number of amides is 1. The molecule has 0 aliphatic heterocycles. The van der Waals surface area contributed by atoms with Gasteiger partial charge in [-0.2, -0.15) is 0 Å². The van der Waals surface area contributed by atoms with Crippen molar-refractivity contribution in [3.63, 3.8) is 0 Å². The largest absolute Gasteiger partial charge is 0.436 e. The Hall–Kier alpha value is -3.82. The molecule has 160 valence electrons. The third-order valence-electron chi connectivity index (χ3n) is 4.63. The number of benzene rings is 3. The second-order valence-electron chi connectivity index (χ2n) is 6.88. The lowest BCUT2D eigenvalue weighted by Crippen LogP contribution is -2.34. The number of nitrogens with one attached hydrogen (secondary N) is 2. The van der Waals surface area contributed by atoms with Crippen LogP contribution in [0.25, 0.3) is 22.6 Å². The van der Waals surface area contributed by atoms with E-state index in [0.717, 1.165) is 5.56 Å². The molecule has 0 radical (unpaired) electrons. The van der Waals surface area contributed by atoms with Gasteiger partial charge in [-0.05, 0) is 67.7 Å². The summed E-state index contributed by atoms with van der Waals surface area (Å²) in [5, 5.41) is 17.2. The molecule has 0 fully saturated rings. The van der Waals surface area contributed by atoms with E-state index >= 15 is 0 Å². The highest BCUT2D eigenvalue weighted by Gasteiger charge is 2.16. The summed E-state index contributed by atoms with van der Waals surface area (Å²) in [6, 6.07) is 16.6. The molecule has 3 aromatic carbocycles. The van der Waals surface area contributed by atoms with Gasteiger partial charge in [-0.3, -0.25) is 20.2 Å². The number of rotatable bonds is 4. The van der Waals surface area contributed by atoms with Crippen LogP contribution in [0.1, 0.15) is 15.9 Å². The lowest BCUT2D eigenvalue weighted by atomic mass is 10.1. The van der Waals surface area contributed by atoms with Crippen LogP contribution in [-0.2, 0) is 0 Å². The molecule has 1 amide bonds. The molecule has 0 unspecified atom stereocenters. The van der Waals surface area contributed by atoms with Crippen LogP contribution in [0, 0.1) is 17.0 Å². The van der Waals surface area contributed by atoms with E-state index in [4.69, 9.17) is 28.2 Å². The van der Waals surface area contributed by atoms with Crippen molar-refractivity contribution in [3.05, 3.63) is 86.9 Å². The van der Waals surface area contributed by atoms with Gasteiger partial charge in [-0.25, -0.2) is 4.98 Å². The molecule has 0 saturated carbocycles. The Morgan fingerprint density at radius 2 is 1.88 bits per heavy atom. The maximum absolute atomic E-state index is 12.4. The van der Waals surface area contributed by atoms with Crippen LogP contribution in [-0.4, -0.2) is 20.9 Å². The van der Waals surface area contributed by atoms with Crippen molar-refractivity contribution in [1.29, 1.82) is 0 Å². The van der Waals surface area contributed by atoms with Crippen molar-refractivity contribution >= 4 is 57.3 Å². The number of nitrogens with zero attached hydrogens (tertiary/aromatic N) is 2. The first-order valence-corrected chi connectivity index (χ1v) is 10.1. The molecule has 2 N–H and O–H groups in total. The van der Waals surface area contributed by atoms with Gasteiger partial charge in [0.15, 0.2) is 10.7 Å². The minimum atomic E-state index is -0.557. The average Bonchev–Trinajstić information content (AvgIpc) is 3.17. The number of hydrogen-bond acceptors (Lipinski definition) is 6. The van der Waals surface area contributed by atoms with Gasteiger partial charge in [0.05, 0.1) is 4.92 Å². The van der Waals surface area contributed by atoms with Gasteiger partial charge in [-0.15, -0.1) is 0 Å². The normalized spacial score (nSPS) is 10.7. The summed E-state index contributed by atoms with van der Waals surface area (Å²) < 4.78 is 5.78. The average molecular weight is 467 g/mol. The van der Waals surface area contributed by atoms with E-state index in [-0.39, 0.29) is 16.4 Å². The SMILES string of the molecule is Cc1ccc(C(=O)NC(=S)Nc2ccc3oc(-c4ccc(Cl)cc4)nc3c2)cc1[N+](=O)[O-]. The Labute approximate surface area is 192 Å². The van der Waals surface area contributed by atoms with Gasteiger partial charge >= 0.3 is 0 Å². The van der Waals surface area contributed by atoms with Crippen molar-refractivity contribution in [1.82, 2.24) is 10.3 Å². The van der Waals surface area contributed by atoms with Crippen LogP contribution in [0.15, 0.2) is 65.1 Å². The smallest absolute Gasteiger partial charge is 0.273 e. The van der Waals surface area contributed by atoms with Crippen LogP contribution < -0.4 is 10.6 Å². The molecule has 4 aromatic rings. The lowest BCUT2D eigenvalue weighted by molar-refractivity contribution is -0.385. The highest BCUT2D eigenvalue weighted by atomic mass is 35.5. The number of halogens is 1. The zero-order valence-electron chi connectivity index (χ0n) is 16.6. The van der Waals surface area contributed by atoms with Gasteiger partial charge in [0.25, 0.3) is 11.6 Å². The van der Waals surface area contributed by atoms with E-state index in [9.17, 15) is 14.9 Å². The van der Waals surface area contributed by atoms with E-state index in [1.54, 1.807) is 37.3 Å². The Morgan fingerprint density at radius 3 is 2.59 bits per heavy atom. The van der Waals surface area contributed by atoms with Gasteiger partial charge in [0, 0.05) is 33.5 Å². The summed E-state index contributed by atoms with van der Waals surface area (Å²) in [4.78, 5) is 27.5. The molecule has 1 aromatic heterocycles. The second-order valence-corrected chi connectivity index (χ2v) is 7.72. The van der Waals surface area contributed by atoms with Crippen LogP contribution in [0.3, 0.4) is 0 Å². The summed E-state index contributed by atoms with van der Waals surface area (Å²) in [7, 11) is 0. The van der Waals surface area contributed by atoms with Crippen LogP contribution >= 0.6 is 23.8 Å². The maximum Gasteiger partial charge on any atom is 0.273 e. The van der Waals surface area contributed by atoms with Crippen molar-refractivity contribution in [2.75, 3.05) is 5.32 Å². The molecule has 32 heavy (non-hydrogen) atoms. The molecule has 0 saturated heterocycles. The van der Waals surface area contributed by atoms with E-state index in [1.807, 2.05) is 12.1 Å².